The summed E-state index contributed by atoms with van der Waals surface area (Å²) in [7, 11) is 0. The lowest BCUT2D eigenvalue weighted by Gasteiger charge is -2.17. The van der Waals surface area contributed by atoms with E-state index in [1.54, 1.807) is 19.9 Å². The number of nitrogens with one attached hydrogen (secondary N) is 2. The van der Waals surface area contributed by atoms with Crippen molar-refractivity contribution in [2.45, 2.75) is 40.2 Å². The van der Waals surface area contributed by atoms with Crippen molar-refractivity contribution >= 4 is 16.8 Å². The van der Waals surface area contributed by atoms with Crippen LogP contribution in [0.2, 0.25) is 0 Å². The lowest BCUT2D eigenvalue weighted by atomic mass is 10.0. The molecule has 0 aliphatic heterocycles. The zero-order valence-corrected chi connectivity index (χ0v) is 14.7. The molecule has 2 heterocycles. The monoisotopic (exact) mass is 344 g/mol. The van der Waals surface area contributed by atoms with E-state index in [0.29, 0.717) is 40.8 Å². The van der Waals surface area contributed by atoms with E-state index in [2.05, 4.69) is 34.3 Å². The molecule has 1 atom stereocenters. The summed E-state index contributed by atoms with van der Waals surface area (Å²) < 4.78 is 19.1. The van der Waals surface area contributed by atoms with Crippen LogP contribution in [0.5, 0.6) is 0 Å². The lowest BCUT2D eigenvalue weighted by molar-refractivity contribution is 0.0925. The van der Waals surface area contributed by atoms with E-state index in [9.17, 15) is 9.18 Å². The van der Waals surface area contributed by atoms with Gasteiger partial charge < -0.3 is 14.7 Å². The molecular formula is C18H21FN4O2. The molecule has 0 saturated heterocycles. The Bertz CT molecular complexity index is 913. The highest BCUT2D eigenvalue weighted by molar-refractivity contribution is 6.08. The predicted molar refractivity (Wildman–Crippen MR) is 91.7 cm³/mol. The normalized spacial score (nSPS) is 12.7. The second-order valence-electron chi connectivity index (χ2n) is 6.63. The molecule has 1 aromatic carbocycles. The molecule has 3 rings (SSSR count). The highest BCUT2D eigenvalue weighted by Crippen LogP contribution is 2.25. The topological polar surface area (TPSA) is 83.8 Å². The summed E-state index contributed by atoms with van der Waals surface area (Å²) >= 11 is 0. The third-order valence-corrected chi connectivity index (χ3v) is 4.03. The number of aromatic amines is 1. The van der Waals surface area contributed by atoms with E-state index in [4.69, 9.17) is 4.42 Å². The zero-order valence-electron chi connectivity index (χ0n) is 14.7. The van der Waals surface area contributed by atoms with Crippen molar-refractivity contribution in [2.75, 3.05) is 0 Å². The van der Waals surface area contributed by atoms with E-state index in [1.165, 1.54) is 12.1 Å². The molecule has 0 fully saturated rings. The number of aryl methyl sites for hydroxylation is 2. The van der Waals surface area contributed by atoms with Gasteiger partial charge in [-0.25, -0.2) is 4.39 Å². The summed E-state index contributed by atoms with van der Waals surface area (Å²) in [5.41, 5.74) is 1.83. The van der Waals surface area contributed by atoms with Gasteiger partial charge in [-0.2, -0.15) is 0 Å². The number of hydrogen-bond donors (Lipinski definition) is 2. The highest BCUT2D eigenvalue weighted by atomic mass is 19.1. The molecule has 1 unspecified atom stereocenters. The zero-order chi connectivity index (χ0) is 18.1. The van der Waals surface area contributed by atoms with Gasteiger partial charge in [0, 0.05) is 23.5 Å². The fourth-order valence-corrected chi connectivity index (χ4v) is 2.97. The van der Waals surface area contributed by atoms with Gasteiger partial charge in [0.25, 0.3) is 5.91 Å². The number of nitrogens with zero attached hydrogens (tertiary/aromatic N) is 2. The maximum absolute atomic E-state index is 13.6. The van der Waals surface area contributed by atoms with Crippen LogP contribution in [0.1, 0.15) is 54.1 Å². The molecule has 132 valence electrons. The summed E-state index contributed by atoms with van der Waals surface area (Å²) in [5, 5.41) is 11.4. The van der Waals surface area contributed by atoms with E-state index in [1.807, 2.05) is 0 Å². The quantitative estimate of drug-likeness (QED) is 0.737. The fourth-order valence-electron chi connectivity index (χ4n) is 2.97. The molecule has 7 heteroatoms. The van der Waals surface area contributed by atoms with Gasteiger partial charge in [0.05, 0.1) is 5.56 Å². The van der Waals surface area contributed by atoms with Crippen LogP contribution in [0.25, 0.3) is 10.9 Å². The van der Waals surface area contributed by atoms with Crippen LogP contribution >= 0.6 is 0 Å². The van der Waals surface area contributed by atoms with Crippen molar-refractivity contribution in [1.82, 2.24) is 20.5 Å². The smallest absolute Gasteiger partial charge is 0.254 e. The summed E-state index contributed by atoms with van der Waals surface area (Å²) in [6, 6.07) is 3.96. The van der Waals surface area contributed by atoms with Crippen molar-refractivity contribution in [3.63, 3.8) is 0 Å². The van der Waals surface area contributed by atoms with Crippen molar-refractivity contribution in [3.05, 3.63) is 47.1 Å². The number of halogens is 1. The molecule has 0 aliphatic rings. The number of benzene rings is 1. The number of H-pyrrole nitrogens is 1. The molecule has 25 heavy (non-hydrogen) atoms. The Hall–Kier alpha value is -2.70. The van der Waals surface area contributed by atoms with Crippen LogP contribution in [0, 0.1) is 25.6 Å². The molecular weight excluding hydrogens is 323 g/mol. The van der Waals surface area contributed by atoms with Crippen LogP contribution in [-0.4, -0.2) is 21.1 Å². The van der Waals surface area contributed by atoms with Crippen LogP contribution < -0.4 is 5.32 Å². The number of aromatic nitrogens is 3. The van der Waals surface area contributed by atoms with Gasteiger partial charge in [-0.1, -0.05) is 13.8 Å². The minimum absolute atomic E-state index is 0.296. The van der Waals surface area contributed by atoms with Gasteiger partial charge in [0.1, 0.15) is 11.9 Å². The molecule has 6 nitrogen and oxygen atoms in total. The minimum atomic E-state index is -0.397. The number of carbonyl (C=O) groups is 1. The van der Waals surface area contributed by atoms with Crippen molar-refractivity contribution < 1.29 is 13.6 Å². The van der Waals surface area contributed by atoms with Crippen molar-refractivity contribution in [2.24, 2.45) is 5.92 Å². The van der Waals surface area contributed by atoms with Crippen LogP contribution in [0.3, 0.4) is 0 Å². The average molecular weight is 344 g/mol. The number of carbonyl (C=O) groups excluding carboxylic acids is 1. The van der Waals surface area contributed by atoms with Crippen molar-refractivity contribution in [1.29, 1.82) is 0 Å². The molecule has 2 N–H and O–H groups in total. The number of fused-ring (bicyclic) bond motifs is 1. The first-order chi connectivity index (χ1) is 11.8. The Labute approximate surface area is 144 Å². The summed E-state index contributed by atoms with van der Waals surface area (Å²) in [4.78, 5) is 16.0. The first-order valence-corrected chi connectivity index (χ1v) is 8.24. The minimum Gasteiger partial charge on any atom is -0.423 e. The number of hydrogen-bond acceptors (Lipinski definition) is 4. The third kappa shape index (κ3) is 3.55. The number of rotatable bonds is 5. The van der Waals surface area contributed by atoms with Gasteiger partial charge in [0.15, 0.2) is 0 Å². The first-order valence-electron chi connectivity index (χ1n) is 8.24. The largest absolute Gasteiger partial charge is 0.423 e. The predicted octanol–water partition coefficient (Wildman–Crippen LogP) is 3.82. The lowest BCUT2D eigenvalue weighted by Crippen LogP contribution is -2.30. The Morgan fingerprint density at radius 3 is 2.72 bits per heavy atom. The van der Waals surface area contributed by atoms with Gasteiger partial charge >= 0.3 is 0 Å². The van der Waals surface area contributed by atoms with Gasteiger partial charge in [-0.15, -0.1) is 10.2 Å². The number of amides is 1. The summed E-state index contributed by atoms with van der Waals surface area (Å²) in [6.07, 6.45) is 0.656. The Kier molecular flexibility index (Phi) is 4.57. The fraction of sp³-hybridized carbons (Fsp3) is 0.389. The van der Waals surface area contributed by atoms with Crippen molar-refractivity contribution in [3.8, 4) is 0 Å². The molecule has 3 aromatic rings. The SMILES string of the molecule is Cc1nnc(C(CC(C)C)NC(=O)c2c(C)[nH]c3ccc(F)cc23)o1. The standard InChI is InChI=1S/C18H21FN4O2/c1-9(2)7-15(18-23-22-11(4)25-18)21-17(24)16-10(3)20-14-6-5-12(19)8-13(14)16/h5-6,8-9,15,20H,7H2,1-4H3,(H,21,24). The Morgan fingerprint density at radius 2 is 2.08 bits per heavy atom. The average Bonchev–Trinajstić information content (AvgIpc) is 3.08. The molecule has 0 radical (unpaired) electrons. The first kappa shape index (κ1) is 17.1. The summed E-state index contributed by atoms with van der Waals surface area (Å²) in [5.74, 6) is 0.466. The molecule has 0 spiro atoms. The highest BCUT2D eigenvalue weighted by Gasteiger charge is 2.25. The third-order valence-electron chi connectivity index (χ3n) is 4.03. The maximum atomic E-state index is 13.6. The Balaban J connectivity index is 1.94. The van der Waals surface area contributed by atoms with E-state index in [0.717, 1.165) is 5.52 Å². The van der Waals surface area contributed by atoms with Crippen LogP contribution in [0.4, 0.5) is 4.39 Å². The molecule has 0 bridgehead atoms. The van der Waals surface area contributed by atoms with E-state index >= 15 is 0 Å². The van der Waals surface area contributed by atoms with Gasteiger partial charge in [-0.05, 0) is 37.5 Å². The molecule has 0 aliphatic carbocycles. The Morgan fingerprint density at radius 1 is 1.32 bits per heavy atom. The van der Waals surface area contributed by atoms with Crippen LogP contribution in [0.15, 0.2) is 22.6 Å². The second kappa shape index (κ2) is 6.66. The van der Waals surface area contributed by atoms with Gasteiger partial charge in [-0.3, -0.25) is 4.79 Å². The van der Waals surface area contributed by atoms with E-state index in [-0.39, 0.29) is 11.7 Å². The summed E-state index contributed by atoms with van der Waals surface area (Å²) in [6.45, 7) is 7.60. The molecule has 1 amide bonds. The van der Waals surface area contributed by atoms with Crippen LogP contribution in [-0.2, 0) is 0 Å². The molecule has 2 aromatic heterocycles. The maximum Gasteiger partial charge on any atom is 0.254 e. The van der Waals surface area contributed by atoms with E-state index < -0.39 is 6.04 Å². The molecule has 0 saturated carbocycles. The van der Waals surface area contributed by atoms with Gasteiger partial charge in [0.2, 0.25) is 11.8 Å². The second-order valence-corrected chi connectivity index (χ2v) is 6.63.